The Balaban J connectivity index is 1.54. The lowest BCUT2D eigenvalue weighted by Crippen LogP contribution is -2.49. The van der Waals surface area contributed by atoms with Crippen molar-refractivity contribution in [3.63, 3.8) is 0 Å². The third-order valence-corrected chi connectivity index (χ3v) is 4.53. The van der Waals surface area contributed by atoms with Gasteiger partial charge in [-0.1, -0.05) is 6.07 Å². The summed E-state index contributed by atoms with van der Waals surface area (Å²) in [7, 11) is 0. The minimum Gasteiger partial charge on any atom is -0.492 e. The zero-order valence-corrected chi connectivity index (χ0v) is 13.9. The summed E-state index contributed by atoms with van der Waals surface area (Å²) in [6.45, 7) is 5.86. The van der Waals surface area contributed by atoms with Crippen LogP contribution < -0.4 is 10.1 Å². The topological polar surface area (TPSA) is 61.9 Å². The lowest BCUT2D eigenvalue weighted by atomic mass is 9.99. The van der Waals surface area contributed by atoms with Gasteiger partial charge in [-0.25, -0.2) is 9.18 Å². The number of hydrogen-bond donors (Lipinski definition) is 1. The minimum absolute atomic E-state index is 0.143. The number of benzene rings is 1. The lowest BCUT2D eigenvalue weighted by molar-refractivity contribution is -0.132. The van der Waals surface area contributed by atoms with Crippen LogP contribution >= 0.6 is 0 Å². The van der Waals surface area contributed by atoms with Crippen molar-refractivity contribution in [1.82, 2.24) is 15.1 Å². The van der Waals surface area contributed by atoms with Crippen molar-refractivity contribution in [1.29, 1.82) is 0 Å². The lowest BCUT2D eigenvalue weighted by Gasteiger charge is -2.23. The van der Waals surface area contributed by atoms with Crippen molar-refractivity contribution in [3.05, 3.63) is 30.1 Å². The summed E-state index contributed by atoms with van der Waals surface area (Å²) in [6, 6.07) is 5.55. The van der Waals surface area contributed by atoms with Gasteiger partial charge in [-0.3, -0.25) is 14.6 Å². The van der Waals surface area contributed by atoms with Crippen molar-refractivity contribution in [3.8, 4) is 5.75 Å². The quantitative estimate of drug-likeness (QED) is 0.831. The van der Waals surface area contributed by atoms with Gasteiger partial charge in [-0.05, 0) is 32.4 Å². The van der Waals surface area contributed by atoms with Crippen LogP contribution in [0.2, 0.25) is 0 Å². The van der Waals surface area contributed by atoms with Crippen LogP contribution in [-0.4, -0.2) is 59.6 Å². The van der Waals surface area contributed by atoms with E-state index in [9.17, 15) is 14.0 Å². The van der Waals surface area contributed by atoms with E-state index in [1.165, 1.54) is 17.0 Å². The molecule has 3 rings (SSSR count). The minimum atomic E-state index is -0.805. The van der Waals surface area contributed by atoms with Gasteiger partial charge < -0.3 is 10.1 Å². The van der Waals surface area contributed by atoms with Gasteiger partial charge in [0.2, 0.25) is 0 Å². The average molecular weight is 335 g/mol. The maximum atomic E-state index is 13.1. The Kier molecular flexibility index (Phi) is 4.45. The molecule has 2 fully saturated rings. The molecule has 24 heavy (non-hydrogen) atoms. The summed E-state index contributed by atoms with van der Waals surface area (Å²) in [5, 5.41) is 2.86. The number of hydrogen-bond acceptors (Lipinski definition) is 4. The second kappa shape index (κ2) is 6.39. The molecule has 2 aliphatic rings. The predicted octanol–water partition coefficient (Wildman–Crippen LogP) is 1.61. The van der Waals surface area contributed by atoms with E-state index < -0.39 is 5.54 Å². The number of rotatable bonds is 5. The first-order chi connectivity index (χ1) is 11.4. The Morgan fingerprint density at radius 1 is 1.38 bits per heavy atom. The summed E-state index contributed by atoms with van der Waals surface area (Å²) < 4.78 is 18.6. The van der Waals surface area contributed by atoms with Crippen LogP contribution in [0.3, 0.4) is 0 Å². The molecule has 1 aromatic rings. The highest BCUT2D eigenvalue weighted by Gasteiger charge is 2.55. The maximum Gasteiger partial charge on any atom is 0.325 e. The van der Waals surface area contributed by atoms with Crippen molar-refractivity contribution in [2.45, 2.75) is 31.8 Å². The monoisotopic (exact) mass is 335 g/mol. The Hall–Kier alpha value is -2.15. The maximum absolute atomic E-state index is 13.1. The highest BCUT2D eigenvalue weighted by Crippen LogP contribution is 2.29. The fourth-order valence-corrected chi connectivity index (χ4v) is 3.32. The van der Waals surface area contributed by atoms with Crippen molar-refractivity contribution >= 4 is 11.9 Å². The Morgan fingerprint density at radius 2 is 2.17 bits per heavy atom. The highest BCUT2D eigenvalue weighted by molar-refractivity contribution is 6.07. The number of halogens is 1. The van der Waals surface area contributed by atoms with Crippen LogP contribution in [0.15, 0.2) is 24.3 Å². The van der Waals surface area contributed by atoms with E-state index in [4.69, 9.17) is 4.74 Å². The van der Waals surface area contributed by atoms with Crippen molar-refractivity contribution in [2.24, 2.45) is 0 Å². The number of imide groups is 1. The van der Waals surface area contributed by atoms with E-state index in [0.717, 1.165) is 0 Å². The number of likely N-dealkylation sites (tertiary alicyclic amines) is 1. The van der Waals surface area contributed by atoms with E-state index in [2.05, 4.69) is 10.2 Å². The molecule has 2 saturated heterocycles. The van der Waals surface area contributed by atoms with E-state index in [0.29, 0.717) is 38.4 Å². The molecule has 0 saturated carbocycles. The van der Waals surface area contributed by atoms with Gasteiger partial charge >= 0.3 is 6.03 Å². The average Bonchev–Trinajstić information content (AvgIpc) is 3.01. The van der Waals surface area contributed by atoms with Gasteiger partial charge in [0.25, 0.3) is 5.91 Å². The molecule has 3 amide bonds. The molecule has 1 spiro atoms. The van der Waals surface area contributed by atoms with E-state index in [1.54, 1.807) is 12.1 Å². The smallest absolute Gasteiger partial charge is 0.325 e. The zero-order valence-electron chi connectivity index (χ0n) is 13.9. The molecule has 0 bridgehead atoms. The molecule has 0 aliphatic carbocycles. The molecular formula is C17H22FN3O3. The van der Waals surface area contributed by atoms with Gasteiger partial charge in [0, 0.05) is 31.7 Å². The van der Waals surface area contributed by atoms with Gasteiger partial charge in [0.1, 0.15) is 23.7 Å². The number of ether oxygens (including phenoxy) is 1. The molecule has 7 heteroatoms. The molecule has 1 aromatic carbocycles. The molecule has 1 N–H and O–H groups in total. The molecule has 130 valence electrons. The van der Waals surface area contributed by atoms with Crippen LogP contribution in [0.25, 0.3) is 0 Å². The number of nitrogens with one attached hydrogen (secondary N) is 1. The molecule has 0 unspecified atom stereocenters. The summed E-state index contributed by atoms with van der Waals surface area (Å²) in [4.78, 5) is 28.0. The molecule has 2 aliphatic heterocycles. The van der Waals surface area contributed by atoms with Crippen LogP contribution in [0.1, 0.15) is 20.3 Å². The van der Waals surface area contributed by atoms with Crippen LogP contribution in [0.5, 0.6) is 5.75 Å². The second-order valence-electron chi connectivity index (χ2n) is 6.61. The Labute approximate surface area is 140 Å². The molecule has 0 radical (unpaired) electrons. The third-order valence-electron chi connectivity index (χ3n) is 4.53. The zero-order chi connectivity index (χ0) is 17.3. The standard InChI is InChI=1S/C17H22FN3O3/c1-12(2)21-15(22)17(19-16(21)23)6-7-20(11-17)8-9-24-14-5-3-4-13(18)10-14/h3-5,10,12H,6-9,11H2,1-2H3,(H,19,23)/t17-/m0/s1. The summed E-state index contributed by atoms with van der Waals surface area (Å²) in [5.41, 5.74) is -0.805. The summed E-state index contributed by atoms with van der Waals surface area (Å²) >= 11 is 0. The number of urea groups is 1. The summed E-state index contributed by atoms with van der Waals surface area (Å²) in [5.74, 6) is 0.0110. The normalized spacial score (nSPS) is 24.2. The van der Waals surface area contributed by atoms with Crippen LogP contribution in [-0.2, 0) is 4.79 Å². The molecule has 1 atom stereocenters. The Bertz CT molecular complexity index is 652. The number of amides is 3. The molecule has 6 nitrogen and oxygen atoms in total. The van der Waals surface area contributed by atoms with E-state index >= 15 is 0 Å². The van der Waals surface area contributed by atoms with Gasteiger partial charge in [-0.15, -0.1) is 0 Å². The highest BCUT2D eigenvalue weighted by atomic mass is 19.1. The molecule has 0 aromatic heterocycles. The van der Waals surface area contributed by atoms with Gasteiger partial charge in [0.05, 0.1) is 0 Å². The van der Waals surface area contributed by atoms with Gasteiger partial charge in [0.15, 0.2) is 0 Å². The first kappa shape index (κ1) is 16.7. The van der Waals surface area contributed by atoms with Gasteiger partial charge in [-0.2, -0.15) is 0 Å². The summed E-state index contributed by atoms with van der Waals surface area (Å²) in [6.07, 6.45) is 0.598. The van der Waals surface area contributed by atoms with E-state index in [1.807, 2.05) is 13.8 Å². The largest absolute Gasteiger partial charge is 0.492 e. The van der Waals surface area contributed by atoms with Crippen LogP contribution in [0, 0.1) is 5.82 Å². The Morgan fingerprint density at radius 3 is 2.83 bits per heavy atom. The fraction of sp³-hybridized carbons (Fsp3) is 0.529. The fourth-order valence-electron chi connectivity index (χ4n) is 3.32. The SMILES string of the molecule is CC(C)N1C(=O)N[C@]2(CCN(CCOc3cccc(F)c3)C2)C1=O. The first-order valence-corrected chi connectivity index (χ1v) is 8.18. The molecule has 2 heterocycles. The van der Waals surface area contributed by atoms with Crippen molar-refractivity contribution in [2.75, 3.05) is 26.2 Å². The van der Waals surface area contributed by atoms with E-state index in [-0.39, 0.29) is 23.8 Å². The first-order valence-electron chi connectivity index (χ1n) is 8.18. The second-order valence-corrected chi connectivity index (χ2v) is 6.61. The number of carbonyl (C=O) groups is 2. The van der Waals surface area contributed by atoms with Crippen molar-refractivity contribution < 1.29 is 18.7 Å². The number of carbonyl (C=O) groups excluding carboxylic acids is 2. The van der Waals surface area contributed by atoms with Crippen LogP contribution in [0.4, 0.5) is 9.18 Å². The third kappa shape index (κ3) is 3.08. The number of nitrogens with zero attached hydrogens (tertiary/aromatic N) is 2. The molecular weight excluding hydrogens is 313 g/mol. The predicted molar refractivity (Wildman–Crippen MR) is 86.2 cm³/mol.